The van der Waals surface area contributed by atoms with Crippen molar-refractivity contribution in [3.05, 3.63) is 65.5 Å². The monoisotopic (exact) mass is 361 g/mol. The van der Waals surface area contributed by atoms with E-state index in [0.29, 0.717) is 17.1 Å². The van der Waals surface area contributed by atoms with Crippen LogP contribution in [0.4, 0.5) is 0 Å². The predicted octanol–water partition coefficient (Wildman–Crippen LogP) is 4.25. The van der Waals surface area contributed by atoms with Crippen LogP contribution < -0.4 is 9.47 Å². The van der Waals surface area contributed by atoms with Crippen molar-refractivity contribution in [1.82, 2.24) is 4.57 Å². The van der Waals surface area contributed by atoms with Crippen molar-refractivity contribution >= 4 is 28.5 Å². The van der Waals surface area contributed by atoms with Crippen LogP contribution in [0.1, 0.15) is 29.8 Å². The molecular weight excluding hydrogens is 342 g/mol. The topological polar surface area (TPSA) is 57.5 Å². The third kappa shape index (κ3) is 3.12. The molecule has 0 spiro atoms. The van der Waals surface area contributed by atoms with E-state index in [1.165, 1.54) is 6.92 Å². The molecule has 27 heavy (non-hydrogen) atoms. The Morgan fingerprint density at radius 2 is 2.04 bits per heavy atom. The lowest BCUT2D eigenvalue weighted by Gasteiger charge is -2.04. The zero-order valence-electron chi connectivity index (χ0n) is 15.2. The van der Waals surface area contributed by atoms with Crippen LogP contribution in [0.25, 0.3) is 17.0 Å². The Hall–Kier alpha value is -3.34. The maximum Gasteiger partial charge on any atom is 0.231 e. The molecule has 2 aromatic carbocycles. The Balaban J connectivity index is 1.67. The maximum absolute atomic E-state index is 12.7. The SMILES string of the molecule is CCn1cc(C=C2Oc3cc(OCC(C)=O)ccc3C2=O)c2ccccc21. The molecule has 1 aliphatic rings. The third-order valence-corrected chi connectivity index (χ3v) is 4.53. The van der Waals surface area contributed by atoms with E-state index in [9.17, 15) is 9.59 Å². The molecule has 4 rings (SSSR count). The molecule has 1 aromatic heterocycles. The van der Waals surface area contributed by atoms with E-state index in [-0.39, 0.29) is 23.9 Å². The average Bonchev–Trinajstić information content (AvgIpc) is 3.18. The van der Waals surface area contributed by atoms with Gasteiger partial charge in [0.15, 0.2) is 11.5 Å². The highest BCUT2D eigenvalue weighted by molar-refractivity contribution is 6.15. The van der Waals surface area contributed by atoms with Crippen molar-refractivity contribution in [2.75, 3.05) is 6.61 Å². The van der Waals surface area contributed by atoms with E-state index in [1.807, 2.05) is 24.4 Å². The van der Waals surface area contributed by atoms with Gasteiger partial charge in [-0.3, -0.25) is 9.59 Å². The molecule has 0 unspecified atom stereocenters. The van der Waals surface area contributed by atoms with E-state index in [4.69, 9.17) is 9.47 Å². The van der Waals surface area contributed by atoms with Crippen LogP contribution in [0.5, 0.6) is 11.5 Å². The second kappa shape index (κ2) is 6.76. The van der Waals surface area contributed by atoms with Gasteiger partial charge >= 0.3 is 0 Å². The van der Waals surface area contributed by atoms with Gasteiger partial charge in [-0.15, -0.1) is 0 Å². The van der Waals surface area contributed by atoms with Gasteiger partial charge in [0, 0.05) is 35.3 Å². The summed E-state index contributed by atoms with van der Waals surface area (Å²) in [6.45, 7) is 4.38. The van der Waals surface area contributed by atoms with Crippen molar-refractivity contribution < 1.29 is 19.1 Å². The van der Waals surface area contributed by atoms with E-state index in [0.717, 1.165) is 23.0 Å². The van der Waals surface area contributed by atoms with Gasteiger partial charge in [0.25, 0.3) is 0 Å². The minimum Gasteiger partial charge on any atom is -0.486 e. The molecule has 2 heterocycles. The summed E-state index contributed by atoms with van der Waals surface area (Å²) in [7, 11) is 0. The van der Waals surface area contributed by atoms with Gasteiger partial charge in [0.1, 0.15) is 18.1 Å². The fraction of sp³-hybridized carbons (Fsp3) is 0.182. The first-order valence-electron chi connectivity index (χ1n) is 8.85. The van der Waals surface area contributed by atoms with Gasteiger partial charge in [0.2, 0.25) is 5.78 Å². The smallest absolute Gasteiger partial charge is 0.231 e. The summed E-state index contributed by atoms with van der Waals surface area (Å²) in [5.41, 5.74) is 2.56. The number of ether oxygens (including phenoxy) is 2. The number of rotatable bonds is 5. The Bertz CT molecular complexity index is 1090. The summed E-state index contributed by atoms with van der Waals surface area (Å²) in [5.74, 6) is 1.01. The summed E-state index contributed by atoms with van der Waals surface area (Å²) in [5, 5.41) is 1.07. The average molecular weight is 361 g/mol. The summed E-state index contributed by atoms with van der Waals surface area (Å²) in [4.78, 5) is 23.8. The first kappa shape index (κ1) is 17.1. The van der Waals surface area contributed by atoms with Gasteiger partial charge < -0.3 is 14.0 Å². The standard InChI is InChI=1S/C22H19NO4/c1-3-23-12-15(17-6-4-5-7-19(17)23)10-21-22(25)18-9-8-16(11-20(18)27-21)26-13-14(2)24/h4-12H,3,13H2,1-2H3. The Morgan fingerprint density at radius 1 is 1.22 bits per heavy atom. The second-order valence-corrected chi connectivity index (χ2v) is 6.48. The lowest BCUT2D eigenvalue weighted by Crippen LogP contribution is -2.06. The zero-order chi connectivity index (χ0) is 19.0. The number of carbonyl (C=O) groups excluding carboxylic acids is 2. The van der Waals surface area contributed by atoms with Crippen molar-refractivity contribution in [3.63, 3.8) is 0 Å². The number of allylic oxidation sites excluding steroid dienone is 1. The molecule has 0 amide bonds. The zero-order valence-corrected chi connectivity index (χ0v) is 15.2. The van der Waals surface area contributed by atoms with Crippen LogP contribution in [0.15, 0.2) is 54.4 Å². The third-order valence-electron chi connectivity index (χ3n) is 4.53. The fourth-order valence-electron chi connectivity index (χ4n) is 3.24. The molecule has 0 fully saturated rings. The highest BCUT2D eigenvalue weighted by atomic mass is 16.5. The largest absolute Gasteiger partial charge is 0.486 e. The number of benzene rings is 2. The molecule has 5 nitrogen and oxygen atoms in total. The molecule has 136 valence electrons. The molecule has 0 atom stereocenters. The molecule has 1 aliphatic heterocycles. The molecule has 3 aromatic rings. The molecule has 0 bridgehead atoms. The van der Waals surface area contributed by atoms with E-state index < -0.39 is 0 Å². The quantitative estimate of drug-likeness (QED) is 0.638. The number of Topliss-reactive ketones (excluding diaryl/α,β-unsaturated/α-hetero) is 2. The maximum atomic E-state index is 12.7. The minimum absolute atomic E-state index is 0.00798. The number of aromatic nitrogens is 1. The lowest BCUT2D eigenvalue weighted by molar-refractivity contribution is -0.118. The van der Waals surface area contributed by atoms with Gasteiger partial charge in [-0.25, -0.2) is 0 Å². The van der Waals surface area contributed by atoms with E-state index >= 15 is 0 Å². The minimum atomic E-state index is -0.156. The summed E-state index contributed by atoms with van der Waals surface area (Å²) < 4.78 is 13.3. The first-order valence-corrected chi connectivity index (χ1v) is 8.85. The number of nitrogens with zero attached hydrogens (tertiary/aromatic N) is 1. The van der Waals surface area contributed by atoms with Crippen LogP contribution in [-0.4, -0.2) is 22.7 Å². The van der Waals surface area contributed by atoms with Crippen LogP contribution >= 0.6 is 0 Å². The molecule has 0 saturated carbocycles. The van der Waals surface area contributed by atoms with Gasteiger partial charge in [0.05, 0.1) is 5.56 Å². The number of ketones is 2. The molecule has 0 saturated heterocycles. The normalized spacial score (nSPS) is 14.4. The number of hydrogen-bond donors (Lipinski definition) is 0. The molecule has 0 radical (unpaired) electrons. The molecule has 0 aliphatic carbocycles. The number of fused-ring (bicyclic) bond motifs is 2. The van der Waals surface area contributed by atoms with Gasteiger partial charge in [-0.1, -0.05) is 18.2 Å². The molecular formula is C22H19NO4. The van der Waals surface area contributed by atoms with E-state index in [2.05, 4.69) is 17.6 Å². The van der Waals surface area contributed by atoms with Crippen LogP contribution in [0.3, 0.4) is 0 Å². The summed E-state index contributed by atoms with van der Waals surface area (Å²) in [6.07, 6.45) is 3.81. The highest BCUT2D eigenvalue weighted by Crippen LogP contribution is 2.35. The molecule has 0 N–H and O–H groups in total. The fourth-order valence-corrected chi connectivity index (χ4v) is 3.24. The number of para-hydroxylation sites is 1. The van der Waals surface area contributed by atoms with Gasteiger partial charge in [-0.05, 0) is 38.1 Å². The van der Waals surface area contributed by atoms with Crippen molar-refractivity contribution in [1.29, 1.82) is 0 Å². The lowest BCUT2D eigenvalue weighted by atomic mass is 10.1. The van der Waals surface area contributed by atoms with Gasteiger partial charge in [-0.2, -0.15) is 0 Å². The number of aryl methyl sites for hydroxylation is 1. The Morgan fingerprint density at radius 3 is 2.81 bits per heavy atom. The Kier molecular flexibility index (Phi) is 4.28. The first-order chi connectivity index (χ1) is 13.1. The molecule has 5 heteroatoms. The Labute approximate surface area is 156 Å². The van der Waals surface area contributed by atoms with Crippen LogP contribution in [0, 0.1) is 0 Å². The van der Waals surface area contributed by atoms with E-state index in [1.54, 1.807) is 24.3 Å². The highest BCUT2D eigenvalue weighted by Gasteiger charge is 2.28. The predicted molar refractivity (Wildman–Crippen MR) is 103 cm³/mol. The van der Waals surface area contributed by atoms with Crippen molar-refractivity contribution in [2.45, 2.75) is 20.4 Å². The number of carbonyl (C=O) groups is 2. The summed E-state index contributed by atoms with van der Waals surface area (Å²) in [6, 6.07) is 13.1. The van der Waals surface area contributed by atoms with Crippen LogP contribution in [-0.2, 0) is 11.3 Å². The van der Waals surface area contributed by atoms with Crippen molar-refractivity contribution in [3.8, 4) is 11.5 Å². The second-order valence-electron chi connectivity index (χ2n) is 6.48. The van der Waals surface area contributed by atoms with Crippen LogP contribution in [0.2, 0.25) is 0 Å². The van der Waals surface area contributed by atoms with Crippen molar-refractivity contribution in [2.24, 2.45) is 0 Å². The number of hydrogen-bond acceptors (Lipinski definition) is 4. The summed E-state index contributed by atoms with van der Waals surface area (Å²) >= 11 is 0.